The number of nitrogens with zero attached hydrogens (tertiary/aromatic N) is 3. The Morgan fingerprint density at radius 1 is 0.818 bits per heavy atom. The summed E-state index contributed by atoms with van der Waals surface area (Å²) in [4.78, 5) is 77.7. The Morgan fingerprint density at radius 2 is 1.48 bits per heavy atom. The van der Waals surface area contributed by atoms with Crippen molar-refractivity contribution in [2.45, 2.75) is 134 Å². The van der Waals surface area contributed by atoms with Crippen molar-refractivity contribution in [3.63, 3.8) is 0 Å². The first kappa shape index (κ1) is 48.3. The van der Waals surface area contributed by atoms with Crippen LogP contribution in [0.4, 0.5) is 5.69 Å². The average Bonchev–Trinajstić information content (AvgIpc) is 3.77. The smallest absolute Gasteiger partial charge is 0.329 e. The second kappa shape index (κ2) is 22.7. The number of hydrogen-bond donors (Lipinski definition) is 4. The molecule has 4 heterocycles. The normalized spacial score (nSPS) is 19.1. The van der Waals surface area contributed by atoms with Gasteiger partial charge in [-0.05, 0) is 118 Å². The van der Waals surface area contributed by atoms with Crippen LogP contribution in [0.25, 0.3) is 11.0 Å². The van der Waals surface area contributed by atoms with E-state index >= 15 is 0 Å². The zero-order valence-corrected chi connectivity index (χ0v) is 38.3. The lowest BCUT2D eigenvalue weighted by molar-refractivity contribution is -0.135. The lowest BCUT2D eigenvalue weighted by Crippen LogP contribution is -2.55. The number of rotatable bonds is 24. The van der Waals surface area contributed by atoms with Crippen molar-refractivity contribution in [2.24, 2.45) is 18.5 Å². The molecule has 16 heteroatoms. The molecule has 1 fully saturated rings. The molecule has 1 aromatic heterocycles. The van der Waals surface area contributed by atoms with Crippen LogP contribution >= 0.6 is 0 Å². The number of anilines is 1. The van der Waals surface area contributed by atoms with Crippen LogP contribution in [0.1, 0.15) is 105 Å². The predicted octanol–water partition coefficient (Wildman–Crippen LogP) is 3.97. The van der Waals surface area contributed by atoms with Crippen molar-refractivity contribution in [1.82, 2.24) is 19.8 Å². The Balaban J connectivity index is 0.745. The number of fused-ring (bicyclic) bond motifs is 1. The van der Waals surface area contributed by atoms with E-state index < -0.39 is 42.1 Å². The SMILES string of the molecule is C[C@@H](OCc1ccc(CCCOCCCCCOCCCc2ccc3c(c2)n(C)c(=O)n3C2CCC(=O)NC2=O)cc1)[C@H](CCC(N)=O)NC(=O)[C@@H]1Cc2cccc3c2N1C(=O)[C@@H](N)CC3. The minimum atomic E-state index is -0.734. The number of unbranched alkanes of at least 4 members (excludes halogenated alkanes) is 2. The molecule has 3 aliphatic rings. The Hall–Kier alpha value is -5.68. The number of primary amides is 1. The molecule has 1 unspecified atom stereocenters. The highest BCUT2D eigenvalue weighted by molar-refractivity contribution is 6.07. The first-order valence-electron chi connectivity index (χ1n) is 23.6. The molecule has 0 spiro atoms. The molecule has 16 nitrogen and oxygen atoms in total. The molecule has 66 heavy (non-hydrogen) atoms. The Bertz CT molecular complexity index is 2430. The second-order valence-electron chi connectivity index (χ2n) is 17.9. The molecule has 3 aromatic carbocycles. The van der Waals surface area contributed by atoms with Gasteiger partial charge in [-0.25, -0.2) is 4.79 Å². The van der Waals surface area contributed by atoms with Gasteiger partial charge in [-0.3, -0.25) is 43.3 Å². The summed E-state index contributed by atoms with van der Waals surface area (Å²) < 4.78 is 21.1. The van der Waals surface area contributed by atoms with Crippen LogP contribution < -0.4 is 32.7 Å². The molecule has 4 aromatic rings. The molecule has 0 aliphatic carbocycles. The summed E-state index contributed by atoms with van der Waals surface area (Å²) in [6, 6.07) is 17.4. The fraction of sp³-hybridized carbons (Fsp3) is 0.520. The monoisotopic (exact) mass is 907 g/mol. The molecule has 0 saturated carbocycles. The van der Waals surface area contributed by atoms with Crippen molar-refractivity contribution in [2.75, 3.05) is 31.3 Å². The Kier molecular flexibility index (Phi) is 16.6. The number of ether oxygens (including phenoxy) is 3. The summed E-state index contributed by atoms with van der Waals surface area (Å²) in [6.07, 6.45) is 8.50. The molecular weight excluding hydrogens is 843 g/mol. The standard InChI is InChI=1S/C50H65N7O9/c1-32(39(20-23-44(52)58)53-48(61)43-30-37-12-6-11-36-18-19-38(51)49(62)57(43)46(36)37)66-31-35-15-13-33(14-16-35)9-7-27-64-25-4-3-5-26-65-28-8-10-34-17-21-40-42(29-34)55(2)50(63)56(40)41-22-24-45(59)54-47(41)60/h6,11-17,21,29,32,38-39,41,43H,3-5,7-10,18-20,22-28,30-31,51H2,1-2H3,(H2,52,58)(H,53,61)(H,54,59,60)/t32-,38+,39+,41?,43+/m1/s1. The lowest BCUT2D eigenvalue weighted by Gasteiger charge is -2.30. The number of carbonyl (C=O) groups excluding carboxylic acids is 5. The van der Waals surface area contributed by atoms with Crippen molar-refractivity contribution < 1.29 is 38.2 Å². The van der Waals surface area contributed by atoms with E-state index in [1.54, 1.807) is 16.5 Å². The maximum atomic E-state index is 13.8. The molecule has 5 atom stereocenters. The highest BCUT2D eigenvalue weighted by Crippen LogP contribution is 2.39. The summed E-state index contributed by atoms with van der Waals surface area (Å²) in [6.45, 7) is 4.94. The second-order valence-corrected chi connectivity index (χ2v) is 17.9. The highest BCUT2D eigenvalue weighted by atomic mass is 16.5. The molecule has 3 aliphatic heterocycles. The van der Waals surface area contributed by atoms with Crippen LogP contribution in [0.3, 0.4) is 0 Å². The van der Waals surface area contributed by atoms with Crippen molar-refractivity contribution in [3.05, 3.63) is 99.0 Å². The number of benzene rings is 3. The molecule has 5 amide bonds. The van der Waals surface area contributed by atoms with Crippen molar-refractivity contribution in [1.29, 1.82) is 0 Å². The van der Waals surface area contributed by atoms with Crippen LogP contribution in [0.5, 0.6) is 0 Å². The highest BCUT2D eigenvalue weighted by Gasteiger charge is 2.43. The molecular formula is C50H65N7O9. The van der Waals surface area contributed by atoms with E-state index in [-0.39, 0.29) is 36.3 Å². The van der Waals surface area contributed by atoms with E-state index in [9.17, 15) is 28.8 Å². The van der Waals surface area contributed by atoms with E-state index in [1.807, 2.05) is 55.5 Å². The van der Waals surface area contributed by atoms with E-state index in [4.69, 9.17) is 25.7 Å². The van der Waals surface area contributed by atoms with Crippen LogP contribution in [0, 0.1) is 0 Å². The number of piperidine rings is 1. The Labute approximate surface area is 385 Å². The number of aryl methyl sites for hydroxylation is 4. The molecule has 6 N–H and O–H groups in total. The first-order valence-corrected chi connectivity index (χ1v) is 23.6. The van der Waals surface area contributed by atoms with Crippen LogP contribution in [-0.2, 0) is 77.5 Å². The largest absolute Gasteiger partial charge is 0.381 e. The van der Waals surface area contributed by atoms with Gasteiger partial charge in [0.15, 0.2) is 0 Å². The van der Waals surface area contributed by atoms with Crippen LogP contribution in [-0.4, -0.2) is 89.3 Å². The van der Waals surface area contributed by atoms with Gasteiger partial charge in [0.2, 0.25) is 29.5 Å². The summed E-state index contributed by atoms with van der Waals surface area (Å²) in [7, 11) is 1.70. The van der Waals surface area contributed by atoms with Crippen molar-refractivity contribution >= 4 is 46.3 Å². The molecule has 0 radical (unpaired) electrons. The van der Waals surface area contributed by atoms with E-state index in [0.717, 1.165) is 78.4 Å². The molecule has 7 rings (SSSR count). The maximum Gasteiger partial charge on any atom is 0.329 e. The number of para-hydroxylation sites is 1. The first-order chi connectivity index (χ1) is 31.9. The number of amides is 5. The summed E-state index contributed by atoms with van der Waals surface area (Å²) in [5.41, 5.74) is 19.0. The van der Waals surface area contributed by atoms with Gasteiger partial charge in [0.05, 0.1) is 41.5 Å². The van der Waals surface area contributed by atoms with Crippen LogP contribution in [0.2, 0.25) is 0 Å². The van der Waals surface area contributed by atoms with Gasteiger partial charge < -0.3 is 31.0 Å². The Morgan fingerprint density at radius 3 is 2.20 bits per heavy atom. The fourth-order valence-corrected chi connectivity index (χ4v) is 9.35. The summed E-state index contributed by atoms with van der Waals surface area (Å²) >= 11 is 0. The number of imidazole rings is 1. The third-order valence-electron chi connectivity index (χ3n) is 13.1. The van der Waals surface area contributed by atoms with E-state index in [0.29, 0.717) is 70.7 Å². The lowest BCUT2D eigenvalue weighted by atomic mass is 10.0. The van der Waals surface area contributed by atoms with E-state index in [1.165, 1.54) is 10.1 Å². The van der Waals surface area contributed by atoms with Gasteiger partial charge in [0.1, 0.15) is 12.1 Å². The van der Waals surface area contributed by atoms with Crippen molar-refractivity contribution in [3.8, 4) is 0 Å². The quantitative estimate of drug-likeness (QED) is 0.0586. The zero-order chi connectivity index (χ0) is 46.7. The number of carbonyl (C=O) groups is 5. The molecule has 1 saturated heterocycles. The van der Waals surface area contributed by atoms with Gasteiger partial charge in [-0.1, -0.05) is 48.5 Å². The van der Waals surface area contributed by atoms with Gasteiger partial charge in [-0.15, -0.1) is 0 Å². The van der Waals surface area contributed by atoms with Crippen LogP contribution in [0.15, 0.2) is 65.5 Å². The average molecular weight is 908 g/mol. The van der Waals surface area contributed by atoms with Gasteiger partial charge >= 0.3 is 5.69 Å². The maximum absolute atomic E-state index is 13.8. The third kappa shape index (κ3) is 11.8. The molecule has 354 valence electrons. The van der Waals surface area contributed by atoms with Gasteiger partial charge in [-0.2, -0.15) is 0 Å². The van der Waals surface area contributed by atoms with E-state index in [2.05, 4.69) is 22.8 Å². The number of nitrogens with one attached hydrogen (secondary N) is 2. The summed E-state index contributed by atoms with van der Waals surface area (Å²) in [5, 5.41) is 5.44. The number of hydrogen-bond acceptors (Lipinski definition) is 10. The predicted molar refractivity (Wildman–Crippen MR) is 249 cm³/mol. The minimum absolute atomic E-state index is 0.0819. The number of aromatic nitrogens is 2. The third-order valence-corrected chi connectivity index (χ3v) is 13.1. The molecule has 0 bridgehead atoms. The van der Waals surface area contributed by atoms with Gasteiger partial charge in [0, 0.05) is 52.7 Å². The number of imide groups is 1. The summed E-state index contributed by atoms with van der Waals surface area (Å²) in [5.74, 6) is -1.76. The van der Waals surface area contributed by atoms with Gasteiger partial charge in [0.25, 0.3) is 0 Å². The number of nitrogens with two attached hydrogens (primary N) is 2. The minimum Gasteiger partial charge on any atom is -0.381 e. The zero-order valence-electron chi connectivity index (χ0n) is 38.3. The topological polar surface area (TPSA) is 219 Å². The fourth-order valence-electron chi connectivity index (χ4n) is 9.35.